The molecule has 2 N–H and O–H groups in total. The van der Waals surface area contributed by atoms with Gasteiger partial charge in [0.1, 0.15) is 5.57 Å². The number of hydrogen-bond donors (Lipinski definition) is 2. The highest BCUT2D eigenvalue weighted by atomic mass is 79.9. The Kier molecular flexibility index (Phi) is 5.48. The maximum Gasteiger partial charge on any atom is 0.335 e. The number of rotatable bonds is 4. The summed E-state index contributed by atoms with van der Waals surface area (Å²) in [6, 6.07) is 10.1. The van der Waals surface area contributed by atoms with E-state index in [2.05, 4.69) is 33.4 Å². The summed E-state index contributed by atoms with van der Waals surface area (Å²) in [5.74, 6) is 1.10. The molecule has 4 saturated carbocycles. The van der Waals surface area contributed by atoms with Crippen LogP contribution >= 0.6 is 15.9 Å². The van der Waals surface area contributed by atoms with Crippen molar-refractivity contribution >= 4 is 45.5 Å². The van der Waals surface area contributed by atoms with E-state index in [-0.39, 0.29) is 22.5 Å². The van der Waals surface area contributed by atoms with Crippen molar-refractivity contribution in [3.05, 3.63) is 57.6 Å². The van der Waals surface area contributed by atoms with Gasteiger partial charge in [0.2, 0.25) is 0 Å². The van der Waals surface area contributed by atoms with E-state index in [0.29, 0.717) is 15.7 Å². The molecule has 0 radical (unpaired) electrons. The van der Waals surface area contributed by atoms with Crippen LogP contribution in [0.3, 0.4) is 0 Å². The Morgan fingerprint density at radius 3 is 2.22 bits per heavy atom. The minimum absolute atomic E-state index is 0.0880. The van der Waals surface area contributed by atoms with E-state index in [1.807, 2.05) is 12.1 Å². The third-order valence-corrected chi connectivity index (χ3v) is 9.06. The van der Waals surface area contributed by atoms with Crippen LogP contribution in [-0.2, 0) is 15.0 Å². The third kappa shape index (κ3) is 3.74. The Balaban J connectivity index is 1.30. The van der Waals surface area contributed by atoms with Gasteiger partial charge in [0.15, 0.2) is 11.5 Å². The Morgan fingerprint density at radius 2 is 1.64 bits per heavy atom. The van der Waals surface area contributed by atoms with E-state index < -0.39 is 17.8 Å². The minimum atomic E-state index is -0.769. The second kappa shape index (κ2) is 8.47. The maximum absolute atomic E-state index is 13.3. The van der Waals surface area contributed by atoms with Gasteiger partial charge in [-0.3, -0.25) is 14.9 Å². The van der Waals surface area contributed by atoms with Crippen LogP contribution in [-0.4, -0.2) is 30.1 Å². The van der Waals surface area contributed by atoms with Gasteiger partial charge in [-0.25, -0.2) is 9.69 Å². The molecule has 5 fully saturated rings. The lowest BCUT2D eigenvalue weighted by atomic mass is 9.48. The maximum atomic E-state index is 13.3. The number of carbonyl (C=O) groups excluding carboxylic acids is 3. The van der Waals surface area contributed by atoms with Crippen LogP contribution < -0.4 is 15.0 Å². The first-order valence-corrected chi connectivity index (χ1v) is 13.1. The van der Waals surface area contributed by atoms with Crippen LogP contribution in [0.5, 0.6) is 11.5 Å². The lowest BCUT2D eigenvalue weighted by Crippen LogP contribution is -2.54. The fourth-order valence-corrected chi connectivity index (χ4v) is 7.78. The number of ether oxygens (including phenoxy) is 1. The molecule has 186 valence electrons. The van der Waals surface area contributed by atoms with Gasteiger partial charge in [-0.2, -0.15) is 0 Å². The highest BCUT2D eigenvalue weighted by Gasteiger charge is 2.51. The van der Waals surface area contributed by atoms with Crippen LogP contribution in [0.15, 0.2) is 46.4 Å². The van der Waals surface area contributed by atoms with Crippen molar-refractivity contribution in [3.63, 3.8) is 0 Å². The summed E-state index contributed by atoms with van der Waals surface area (Å²) < 4.78 is 5.51. The fraction of sp³-hybridized carbons (Fsp3) is 0.393. The molecule has 0 spiro atoms. The molecule has 4 bridgehead atoms. The summed E-state index contributed by atoms with van der Waals surface area (Å²) in [5.41, 5.74) is 2.21. The van der Waals surface area contributed by atoms with Gasteiger partial charge in [-0.05, 0) is 119 Å². The topological polar surface area (TPSA) is 95.9 Å². The number of carbonyl (C=O) groups is 3. The molecule has 7 nitrogen and oxygen atoms in total. The third-order valence-electron chi connectivity index (χ3n) is 8.46. The number of imide groups is 2. The number of barbiturate groups is 1. The fourth-order valence-electron chi connectivity index (χ4n) is 7.32. The first-order chi connectivity index (χ1) is 17.3. The lowest BCUT2D eigenvalue weighted by molar-refractivity contribution is -0.122. The van der Waals surface area contributed by atoms with E-state index in [9.17, 15) is 19.5 Å². The number of nitrogens with zero attached hydrogens (tertiary/aromatic N) is 1. The number of hydrogen-bond acceptors (Lipinski definition) is 5. The average molecular weight is 551 g/mol. The van der Waals surface area contributed by atoms with Crippen LogP contribution in [0.2, 0.25) is 0 Å². The number of phenols is 1. The zero-order valence-corrected chi connectivity index (χ0v) is 21.5. The van der Waals surface area contributed by atoms with Crippen molar-refractivity contribution in [3.8, 4) is 11.5 Å². The number of phenolic OH excluding ortho intramolecular Hbond substituents is 1. The van der Waals surface area contributed by atoms with Crippen molar-refractivity contribution < 1.29 is 24.2 Å². The summed E-state index contributed by atoms with van der Waals surface area (Å²) >= 11 is 3.25. The van der Waals surface area contributed by atoms with Crippen molar-refractivity contribution in [1.82, 2.24) is 5.32 Å². The molecule has 7 rings (SSSR count). The predicted molar refractivity (Wildman–Crippen MR) is 138 cm³/mol. The number of aromatic hydroxyl groups is 1. The second-order valence-electron chi connectivity index (χ2n) is 10.8. The Bertz CT molecular complexity index is 1280. The van der Waals surface area contributed by atoms with Crippen LogP contribution in [0.25, 0.3) is 6.08 Å². The summed E-state index contributed by atoms with van der Waals surface area (Å²) in [6.45, 7) is 0. The molecule has 0 atom stereocenters. The van der Waals surface area contributed by atoms with Crippen molar-refractivity contribution in [2.75, 3.05) is 12.0 Å². The summed E-state index contributed by atoms with van der Waals surface area (Å²) in [7, 11) is 1.41. The summed E-state index contributed by atoms with van der Waals surface area (Å²) in [5, 5.41) is 12.3. The van der Waals surface area contributed by atoms with E-state index >= 15 is 0 Å². The molecule has 2 aromatic carbocycles. The molecule has 1 heterocycles. The number of anilines is 1. The van der Waals surface area contributed by atoms with Gasteiger partial charge in [0, 0.05) is 0 Å². The number of nitrogens with one attached hydrogen (secondary N) is 1. The molecule has 5 aliphatic rings. The van der Waals surface area contributed by atoms with Crippen molar-refractivity contribution in [2.24, 2.45) is 17.8 Å². The molecule has 36 heavy (non-hydrogen) atoms. The first kappa shape index (κ1) is 23.3. The Morgan fingerprint density at radius 1 is 1.03 bits per heavy atom. The van der Waals surface area contributed by atoms with Gasteiger partial charge in [0.25, 0.3) is 11.8 Å². The molecule has 0 aromatic heterocycles. The van der Waals surface area contributed by atoms with E-state index in [4.69, 9.17) is 4.74 Å². The largest absolute Gasteiger partial charge is 0.503 e. The number of halogens is 1. The van der Waals surface area contributed by atoms with Crippen molar-refractivity contribution in [2.45, 2.75) is 43.9 Å². The van der Waals surface area contributed by atoms with Crippen molar-refractivity contribution in [1.29, 1.82) is 0 Å². The van der Waals surface area contributed by atoms with Gasteiger partial charge in [-0.1, -0.05) is 12.1 Å². The van der Waals surface area contributed by atoms with E-state index in [0.717, 1.165) is 22.7 Å². The molecular weight excluding hydrogens is 524 g/mol. The Hall–Kier alpha value is -3.13. The highest BCUT2D eigenvalue weighted by Crippen LogP contribution is 2.60. The molecule has 4 amide bonds. The monoisotopic (exact) mass is 550 g/mol. The number of benzene rings is 2. The predicted octanol–water partition coefficient (Wildman–Crippen LogP) is 5.30. The molecular formula is C28H27BrN2O5. The molecule has 4 aliphatic carbocycles. The van der Waals surface area contributed by atoms with Gasteiger partial charge in [0.05, 0.1) is 17.3 Å². The van der Waals surface area contributed by atoms with E-state index in [1.165, 1.54) is 63.3 Å². The van der Waals surface area contributed by atoms with Crippen LogP contribution in [0.1, 0.15) is 49.7 Å². The average Bonchev–Trinajstić information content (AvgIpc) is 2.83. The van der Waals surface area contributed by atoms with Gasteiger partial charge < -0.3 is 9.84 Å². The summed E-state index contributed by atoms with van der Waals surface area (Å²) in [4.78, 5) is 39.6. The molecule has 0 unspecified atom stereocenters. The SMILES string of the molecule is COc1cc(/C=C2\C(=O)NC(=O)N(c3ccc(C45CC6CC(CC(C6)C4)C5)cc3)C2=O)cc(Br)c1O. The van der Waals surface area contributed by atoms with E-state index in [1.54, 1.807) is 6.07 Å². The number of amides is 4. The number of methoxy groups -OCH3 is 1. The van der Waals surface area contributed by atoms with Gasteiger partial charge >= 0.3 is 6.03 Å². The zero-order valence-electron chi connectivity index (χ0n) is 19.9. The standard InChI is InChI=1S/C28H27BrN2O5/c1-36-23-11-15(10-22(29)24(23)32)9-21-25(33)30-27(35)31(26(21)34)20-4-2-19(3-5-20)28-12-16-6-17(13-28)8-18(7-16)14-28/h2-5,9-11,16-18,32H,6-8,12-14H2,1H3,(H,30,33,35)/b21-9+. The molecule has 1 saturated heterocycles. The smallest absolute Gasteiger partial charge is 0.335 e. The molecule has 1 aliphatic heterocycles. The first-order valence-electron chi connectivity index (χ1n) is 12.3. The summed E-state index contributed by atoms with van der Waals surface area (Å²) in [6.07, 6.45) is 9.18. The number of urea groups is 1. The molecule has 2 aromatic rings. The van der Waals surface area contributed by atoms with Crippen LogP contribution in [0, 0.1) is 17.8 Å². The minimum Gasteiger partial charge on any atom is -0.503 e. The Labute approximate surface area is 217 Å². The molecule has 8 heteroatoms. The zero-order chi connectivity index (χ0) is 25.2. The highest BCUT2D eigenvalue weighted by molar-refractivity contribution is 9.10. The lowest BCUT2D eigenvalue weighted by Gasteiger charge is -2.57. The van der Waals surface area contributed by atoms with Gasteiger partial charge in [-0.15, -0.1) is 0 Å². The normalized spacial score (nSPS) is 30.2. The quantitative estimate of drug-likeness (QED) is 0.398. The second-order valence-corrected chi connectivity index (χ2v) is 11.6. The van der Waals surface area contributed by atoms with Crippen LogP contribution in [0.4, 0.5) is 10.5 Å².